The van der Waals surface area contributed by atoms with Crippen LogP contribution >= 0.6 is 0 Å². The number of phenolic OH excluding ortho intramolecular Hbond substituents is 1. The topological polar surface area (TPSA) is 29.5 Å². The molecule has 0 aliphatic heterocycles. The van der Waals surface area contributed by atoms with E-state index in [9.17, 15) is 0 Å². The SMILES string of the molecule is CC(Cc1ccccc1)OC1(C)CCCC1.Oc1ccccc1. The van der Waals surface area contributed by atoms with Gasteiger partial charge in [0.05, 0.1) is 11.7 Å². The van der Waals surface area contributed by atoms with Crippen LogP contribution in [0.2, 0.25) is 0 Å². The van der Waals surface area contributed by atoms with Gasteiger partial charge in [0, 0.05) is 0 Å². The van der Waals surface area contributed by atoms with Gasteiger partial charge in [-0.25, -0.2) is 0 Å². The third-order valence-electron chi connectivity index (χ3n) is 4.27. The third kappa shape index (κ3) is 6.45. The Balaban J connectivity index is 0.000000229. The normalized spacial score (nSPS) is 17.1. The Labute approximate surface area is 140 Å². The number of hydrogen-bond acceptors (Lipinski definition) is 2. The number of benzene rings is 2. The van der Waals surface area contributed by atoms with E-state index in [1.165, 1.54) is 31.2 Å². The van der Waals surface area contributed by atoms with Crippen LogP contribution in [0.5, 0.6) is 5.75 Å². The molecule has 0 radical (unpaired) electrons. The van der Waals surface area contributed by atoms with Crippen molar-refractivity contribution < 1.29 is 9.84 Å². The highest BCUT2D eigenvalue weighted by Crippen LogP contribution is 2.33. The molecule has 0 spiro atoms. The molecule has 124 valence electrons. The van der Waals surface area contributed by atoms with Gasteiger partial charge in [-0.15, -0.1) is 0 Å². The van der Waals surface area contributed by atoms with E-state index >= 15 is 0 Å². The van der Waals surface area contributed by atoms with Gasteiger partial charge in [0.2, 0.25) is 0 Å². The minimum atomic E-state index is 0.147. The molecular weight excluding hydrogens is 284 g/mol. The van der Waals surface area contributed by atoms with E-state index in [1.54, 1.807) is 24.3 Å². The van der Waals surface area contributed by atoms with Crippen LogP contribution in [0.25, 0.3) is 0 Å². The molecule has 0 aromatic heterocycles. The van der Waals surface area contributed by atoms with E-state index in [0.29, 0.717) is 11.9 Å². The summed E-state index contributed by atoms with van der Waals surface area (Å²) in [5.41, 5.74) is 1.52. The maximum Gasteiger partial charge on any atom is 0.115 e. The lowest BCUT2D eigenvalue weighted by Gasteiger charge is -2.28. The molecule has 2 aromatic rings. The molecule has 1 aliphatic rings. The first-order valence-corrected chi connectivity index (χ1v) is 8.53. The molecule has 1 saturated carbocycles. The maximum atomic E-state index is 8.63. The van der Waals surface area contributed by atoms with E-state index in [-0.39, 0.29) is 5.60 Å². The molecular formula is C21H28O2. The van der Waals surface area contributed by atoms with E-state index in [4.69, 9.17) is 9.84 Å². The fourth-order valence-corrected chi connectivity index (χ4v) is 3.14. The number of rotatable bonds is 4. The largest absolute Gasteiger partial charge is 0.508 e. The van der Waals surface area contributed by atoms with Crippen molar-refractivity contribution in [2.24, 2.45) is 0 Å². The van der Waals surface area contributed by atoms with Crippen LogP contribution in [0.15, 0.2) is 60.7 Å². The highest BCUT2D eigenvalue weighted by Gasteiger charge is 2.31. The molecule has 0 amide bonds. The van der Waals surface area contributed by atoms with Gasteiger partial charge in [-0.05, 0) is 50.8 Å². The monoisotopic (exact) mass is 312 g/mol. The van der Waals surface area contributed by atoms with E-state index in [1.807, 2.05) is 6.07 Å². The minimum absolute atomic E-state index is 0.147. The molecule has 0 saturated heterocycles. The van der Waals surface area contributed by atoms with Crippen molar-refractivity contribution in [3.8, 4) is 5.75 Å². The molecule has 23 heavy (non-hydrogen) atoms. The summed E-state index contributed by atoms with van der Waals surface area (Å²) in [4.78, 5) is 0. The lowest BCUT2D eigenvalue weighted by molar-refractivity contribution is -0.0701. The Morgan fingerprint density at radius 1 is 0.957 bits per heavy atom. The molecule has 1 unspecified atom stereocenters. The molecule has 0 bridgehead atoms. The lowest BCUT2D eigenvalue weighted by atomic mass is 10.0. The summed E-state index contributed by atoms with van der Waals surface area (Å²) in [5, 5.41) is 8.63. The van der Waals surface area contributed by atoms with E-state index < -0.39 is 0 Å². The summed E-state index contributed by atoms with van der Waals surface area (Å²) in [7, 11) is 0. The van der Waals surface area contributed by atoms with Crippen molar-refractivity contribution in [1.82, 2.24) is 0 Å². The quantitative estimate of drug-likeness (QED) is 0.823. The van der Waals surface area contributed by atoms with Crippen molar-refractivity contribution in [3.63, 3.8) is 0 Å². The Morgan fingerprint density at radius 3 is 1.96 bits per heavy atom. The van der Waals surface area contributed by atoms with Crippen molar-refractivity contribution >= 4 is 0 Å². The molecule has 1 aliphatic carbocycles. The number of hydrogen-bond donors (Lipinski definition) is 1. The van der Waals surface area contributed by atoms with Crippen molar-refractivity contribution in [1.29, 1.82) is 0 Å². The van der Waals surface area contributed by atoms with Gasteiger partial charge < -0.3 is 9.84 Å². The third-order valence-corrected chi connectivity index (χ3v) is 4.27. The van der Waals surface area contributed by atoms with Gasteiger partial charge in [0.1, 0.15) is 5.75 Å². The summed E-state index contributed by atoms with van der Waals surface area (Å²) >= 11 is 0. The zero-order valence-corrected chi connectivity index (χ0v) is 14.2. The van der Waals surface area contributed by atoms with Crippen molar-refractivity contribution in [2.45, 2.75) is 57.7 Å². The zero-order valence-electron chi connectivity index (χ0n) is 14.2. The summed E-state index contributed by atoms with van der Waals surface area (Å²) in [6, 6.07) is 19.3. The summed E-state index contributed by atoms with van der Waals surface area (Å²) in [6.45, 7) is 4.46. The molecule has 2 heteroatoms. The first-order chi connectivity index (χ1) is 11.1. The predicted molar refractivity (Wildman–Crippen MR) is 95.7 cm³/mol. The number of aromatic hydroxyl groups is 1. The molecule has 2 nitrogen and oxygen atoms in total. The van der Waals surface area contributed by atoms with Crippen LogP contribution in [0.4, 0.5) is 0 Å². The highest BCUT2D eigenvalue weighted by molar-refractivity contribution is 5.18. The highest BCUT2D eigenvalue weighted by atomic mass is 16.5. The fraction of sp³-hybridized carbons (Fsp3) is 0.429. The number of phenols is 1. The summed E-state index contributed by atoms with van der Waals surface area (Å²) in [5.74, 6) is 0.322. The molecule has 3 rings (SSSR count). The Bertz CT molecular complexity index is 545. The van der Waals surface area contributed by atoms with Gasteiger partial charge in [-0.1, -0.05) is 61.4 Å². The molecule has 0 heterocycles. The van der Waals surface area contributed by atoms with Gasteiger partial charge in [-0.3, -0.25) is 0 Å². The van der Waals surface area contributed by atoms with Gasteiger partial charge in [0.15, 0.2) is 0 Å². The summed E-state index contributed by atoms with van der Waals surface area (Å²) in [6.07, 6.45) is 6.46. The van der Waals surface area contributed by atoms with Crippen LogP contribution < -0.4 is 0 Å². The lowest BCUT2D eigenvalue weighted by Crippen LogP contribution is -2.30. The van der Waals surface area contributed by atoms with Crippen LogP contribution in [0.1, 0.15) is 45.1 Å². The van der Waals surface area contributed by atoms with E-state index in [2.05, 4.69) is 44.2 Å². The van der Waals surface area contributed by atoms with Crippen LogP contribution in [-0.4, -0.2) is 16.8 Å². The minimum Gasteiger partial charge on any atom is -0.508 e. The summed E-state index contributed by atoms with van der Waals surface area (Å²) < 4.78 is 6.20. The molecule has 1 atom stereocenters. The second-order valence-corrected chi connectivity index (χ2v) is 6.61. The van der Waals surface area contributed by atoms with Crippen molar-refractivity contribution in [2.75, 3.05) is 0 Å². The second kappa shape index (κ2) is 8.73. The number of ether oxygens (including phenoxy) is 1. The van der Waals surface area contributed by atoms with Crippen LogP contribution in [0, 0.1) is 0 Å². The van der Waals surface area contributed by atoms with Crippen LogP contribution in [0.3, 0.4) is 0 Å². The van der Waals surface area contributed by atoms with Gasteiger partial charge >= 0.3 is 0 Å². The molecule has 2 aromatic carbocycles. The first-order valence-electron chi connectivity index (χ1n) is 8.53. The Morgan fingerprint density at radius 2 is 1.48 bits per heavy atom. The Hall–Kier alpha value is -1.80. The zero-order chi connectivity index (χ0) is 16.5. The fourth-order valence-electron chi connectivity index (χ4n) is 3.14. The number of para-hydroxylation sites is 1. The average Bonchev–Trinajstić information content (AvgIpc) is 2.95. The Kier molecular flexibility index (Phi) is 6.66. The smallest absolute Gasteiger partial charge is 0.115 e. The second-order valence-electron chi connectivity index (χ2n) is 6.61. The average molecular weight is 312 g/mol. The standard InChI is InChI=1S/C15H22O.C6H6O/c1-13(12-14-8-4-3-5-9-14)16-15(2)10-6-7-11-15;7-6-4-2-1-3-5-6/h3-5,8-9,13H,6-7,10-12H2,1-2H3;1-5,7H. The van der Waals surface area contributed by atoms with Crippen molar-refractivity contribution in [3.05, 3.63) is 66.2 Å². The van der Waals surface area contributed by atoms with E-state index in [0.717, 1.165) is 6.42 Å². The van der Waals surface area contributed by atoms with Gasteiger partial charge in [-0.2, -0.15) is 0 Å². The maximum absolute atomic E-state index is 8.63. The van der Waals surface area contributed by atoms with Crippen LogP contribution in [-0.2, 0) is 11.2 Å². The molecule has 1 N–H and O–H groups in total. The first kappa shape index (κ1) is 17.6. The molecule has 1 fully saturated rings. The van der Waals surface area contributed by atoms with Gasteiger partial charge in [0.25, 0.3) is 0 Å². The predicted octanol–water partition coefficient (Wildman–Crippen LogP) is 5.36.